The van der Waals surface area contributed by atoms with Gasteiger partial charge in [-0.05, 0) is 17.4 Å². The number of rotatable bonds is 3. The van der Waals surface area contributed by atoms with Crippen molar-refractivity contribution in [3.05, 3.63) is 16.8 Å². The Bertz CT molecular complexity index is 167. The Morgan fingerprint density at radius 2 is 2.40 bits per heavy atom. The fourth-order valence-corrected chi connectivity index (χ4v) is 1.17. The molecule has 0 bridgehead atoms. The summed E-state index contributed by atoms with van der Waals surface area (Å²) in [4.78, 5) is 0. The van der Waals surface area contributed by atoms with E-state index < -0.39 is 0 Å². The van der Waals surface area contributed by atoms with E-state index in [0.717, 1.165) is 12.4 Å². The summed E-state index contributed by atoms with van der Waals surface area (Å²) in [5.74, 6) is 1.61. The molecule has 0 radical (unpaired) electrons. The van der Waals surface area contributed by atoms with E-state index in [1.807, 2.05) is 16.8 Å². The van der Waals surface area contributed by atoms with Crippen molar-refractivity contribution >= 4 is 11.3 Å². The molecule has 1 rings (SSSR count). The summed E-state index contributed by atoms with van der Waals surface area (Å²) in [6.45, 7) is 5.11. The topological polar surface area (TPSA) is 9.23 Å². The van der Waals surface area contributed by atoms with Gasteiger partial charge in [0.25, 0.3) is 0 Å². The van der Waals surface area contributed by atoms with Crippen molar-refractivity contribution in [2.45, 2.75) is 13.8 Å². The minimum absolute atomic E-state index is 0.611. The third-order valence-corrected chi connectivity index (χ3v) is 1.74. The Labute approximate surface area is 65.6 Å². The molecule has 0 aliphatic carbocycles. The molecule has 0 atom stereocenters. The minimum atomic E-state index is 0.611. The third kappa shape index (κ3) is 2.40. The van der Waals surface area contributed by atoms with E-state index in [9.17, 15) is 0 Å². The molecular formula is C8H12OS. The molecule has 0 aliphatic heterocycles. The first kappa shape index (κ1) is 7.61. The zero-order valence-electron chi connectivity index (χ0n) is 6.33. The molecule has 0 amide bonds. The Balaban J connectivity index is 2.28. The summed E-state index contributed by atoms with van der Waals surface area (Å²) in [6.07, 6.45) is 0. The molecule has 0 spiro atoms. The monoisotopic (exact) mass is 156 g/mol. The first-order valence-corrected chi connectivity index (χ1v) is 4.38. The minimum Gasteiger partial charge on any atom is -0.492 e. The quantitative estimate of drug-likeness (QED) is 0.654. The van der Waals surface area contributed by atoms with Crippen molar-refractivity contribution in [2.24, 2.45) is 5.92 Å². The SMILES string of the molecule is CC(C)COc1ccsc1. The molecule has 1 heterocycles. The zero-order valence-corrected chi connectivity index (χ0v) is 7.15. The van der Waals surface area contributed by atoms with Crippen LogP contribution in [0.1, 0.15) is 13.8 Å². The van der Waals surface area contributed by atoms with E-state index in [2.05, 4.69) is 13.8 Å². The van der Waals surface area contributed by atoms with Crippen molar-refractivity contribution in [1.29, 1.82) is 0 Å². The fourth-order valence-electron chi connectivity index (χ4n) is 0.597. The predicted octanol–water partition coefficient (Wildman–Crippen LogP) is 2.78. The van der Waals surface area contributed by atoms with E-state index in [0.29, 0.717) is 5.92 Å². The largest absolute Gasteiger partial charge is 0.492 e. The van der Waals surface area contributed by atoms with Crippen molar-refractivity contribution in [2.75, 3.05) is 6.61 Å². The van der Waals surface area contributed by atoms with Crippen LogP contribution in [0.2, 0.25) is 0 Å². The lowest BCUT2D eigenvalue weighted by Gasteiger charge is -2.05. The van der Waals surface area contributed by atoms with E-state index in [1.165, 1.54) is 0 Å². The molecule has 0 N–H and O–H groups in total. The van der Waals surface area contributed by atoms with E-state index in [1.54, 1.807) is 11.3 Å². The van der Waals surface area contributed by atoms with Crippen LogP contribution in [0, 0.1) is 5.92 Å². The van der Waals surface area contributed by atoms with Gasteiger partial charge in [-0.3, -0.25) is 0 Å². The summed E-state index contributed by atoms with van der Waals surface area (Å²) >= 11 is 1.67. The Morgan fingerprint density at radius 3 is 2.90 bits per heavy atom. The van der Waals surface area contributed by atoms with Gasteiger partial charge < -0.3 is 4.74 Å². The van der Waals surface area contributed by atoms with Gasteiger partial charge in [-0.25, -0.2) is 0 Å². The predicted molar refractivity (Wildman–Crippen MR) is 44.7 cm³/mol. The molecule has 56 valence electrons. The van der Waals surface area contributed by atoms with E-state index >= 15 is 0 Å². The second kappa shape index (κ2) is 3.62. The second-order valence-electron chi connectivity index (χ2n) is 2.66. The molecule has 0 saturated carbocycles. The normalized spacial score (nSPS) is 10.3. The van der Waals surface area contributed by atoms with Crippen LogP contribution in [0.25, 0.3) is 0 Å². The lowest BCUT2D eigenvalue weighted by Crippen LogP contribution is -2.03. The first-order chi connectivity index (χ1) is 4.79. The van der Waals surface area contributed by atoms with Crippen LogP contribution >= 0.6 is 11.3 Å². The molecule has 0 saturated heterocycles. The number of thiophene rings is 1. The Kier molecular flexibility index (Phi) is 2.75. The van der Waals surface area contributed by atoms with E-state index in [-0.39, 0.29) is 0 Å². The third-order valence-electron chi connectivity index (χ3n) is 1.08. The number of hydrogen-bond acceptors (Lipinski definition) is 2. The van der Waals surface area contributed by atoms with Crippen molar-refractivity contribution in [3.8, 4) is 5.75 Å². The lowest BCUT2D eigenvalue weighted by molar-refractivity contribution is 0.272. The molecule has 0 fully saturated rings. The molecule has 1 aromatic rings. The highest BCUT2D eigenvalue weighted by atomic mass is 32.1. The van der Waals surface area contributed by atoms with Crippen LogP contribution in [0.4, 0.5) is 0 Å². The molecule has 10 heavy (non-hydrogen) atoms. The van der Waals surface area contributed by atoms with Gasteiger partial charge in [0.2, 0.25) is 0 Å². The van der Waals surface area contributed by atoms with Crippen molar-refractivity contribution < 1.29 is 4.74 Å². The van der Waals surface area contributed by atoms with Crippen LogP contribution < -0.4 is 4.74 Å². The average molecular weight is 156 g/mol. The fraction of sp³-hybridized carbons (Fsp3) is 0.500. The van der Waals surface area contributed by atoms with E-state index in [4.69, 9.17) is 4.74 Å². The van der Waals surface area contributed by atoms with Gasteiger partial charge in [-0.15, -0.1) is 11.3 Å². The average Bonchev–Trinajstić information content (AvgIpc) is 2.34. The van der Waals surface area contributed by atoms with Gasteiger partial charge in [0.1, 0.15) is 5.75 Å². The van der Waals surface area contributed by atoms with Gasteiger partial charge in [-0.1, -0.05) is 13.8 Å². The van der Waals surface area contributed by atoms with Crippen molar-refractivity contribution in [3.63, 3.8) is 0 Å². The van der Waals surface area contributed by atoms with Crippen LogP contribution in [0.3, 0.4) is 0 Å². The Hall–Kier alpha value is -0.500. The molecule has 2 heteroatoms. The summed E-state index contributed by atoms with van der Waals surface area (Å²) in [6, 6.07) is 1.99. The van der Waals surface area contributed by atoms with Crippen LogP contribution in [-0.4, -0.2) is 6.61 Å². The molecule has 0 aromatic carbocycles. The standard InChI is InChI=1S/C8H12OS/c1-7(2)5-9-8-3-4-10-6-8/h3-4,6-7H,5H2,1-2H3. The summed E-state index contributed by atoms with van der Waals surface area (Å²) in [7, 11) is 0. The lowest BCUT2D eigenvalue weighted by atomic mass is 10.2. The zero-order chi connectivity index (χ0) is 7.40. The van der Waals surface area contributed by atoms with Crippen LogP contribution in [0.5, 0.6) is 5.75 Å². The van der Waals surface area contributed by atoms with Gasteiger partial charge in [-0.2, -0.15) is 0 Å². The number of ether oxygens (including phenoxy) is 1. The molecular weight excluding hydrogens is 144 g/mol. The van der Waals surface area contributed by atoms with Gasteiger partial charge in [0.05, 0.1) is 6.61 Å². The van der Waals surface area contributed by atoms with Gasteiger partial charge in [0.15, 0.2) is 0 Å². The van der Waals surface area contributed by atoms with Crippen LogP contribution in [-0.2, 0) is 0 Å². The molecule has 1 nitrogen and oxygen atoms in total. The summed E-state index contributed by atoms with van der Waals surface area (Å²) in [5.41, 5.74) is 0. The molecule has 0 aliphatic rings. The highest BCUT2D eigenvalue weighted by Gasteiger charge is 1.95. The maximum atomic E-state index is 5.42. The first-order valence-electron chi connectivity index (χ1n) is 3.44. The van der Waals surface area contributed by atoms with Gasteiger partial charge >= 0.3 is 0 Å². The van der Waals surface area contributed by atoms with Gasteiger partial charge in [0, 0.05) is 5.38 Å². The molecule has 1 aromatic heterocycles. The second-order valence-corrected chi connectivity index (χ2v) is 3.44. The summed E-state index contributed by atoms with van der Waals surface area (Å²) in [5, 5.41) is 4.04. The van der Waals surface area contributed by atoms with Crippen molar-refractivity contribution in [1.82, 2.24) is 0 Å². The van der Waals surface area contributed by atoms with Crippen LogP contribution in [0.15, 0.2) is 16.8 Å². The Morgan fingerprint density at radius 1 is 1.60 bits per heavy atom. The highest BCUT2D eigenvalue weighted by Crippen LogP contribution is 2.15. The maximum Gasteiger partial charge on any atom is 0.129 e. The number of hydrogen-bond donors (Lipinski definition) is 0. The summed E-state index contributed by atoms with van der Waals surface area (Å²) < 4.78 is 5.42. The smallest absolute Gasteiger partial charge is 0.129 e. The molecule has 0 unspecified atom stereocenters. The maximum absolute atomic E-state index is 5.42. The highest BCUT2D eigenvalue weighted by molar-refractivity contribution is 7.08.